The Bertz CT molecular complexity index is 585. The van der Waals surface area contributed by atoms with E-state index >= 15 is 0 Å². The number of carbonyl (C=O) groups is 1. The van der Waals surface area contributed by atoms with Crippen molar-refractivity contribution in [2.45, 2.75) is 31.6 Å². The number of hydrogen-bond acceptors (Lipinski definition) is 4. The molecule has 0 aliphatic heterocycles. The molecule has 3 rings (SSSR count). The fourth-order valence-electron chi connectivity index (χ4n) is 2.95. The fourth-order valence-corrected chi connectivity index (χ4v) is 2.95. The summed E-state index contributed by atoms with van der Waals surface area (Å²) in [5.41, 5.74) is 4.10. The highest BCUT2D eigenvalue weighted by atomic mass is 16.5. The van der Waals surface area contributed by atoms with Crippen LogP contribution in [0.3, 0.4) is 0 Å². The number of carbonyl (C=O) groups excluding carboxylic acids is 1. The van der Waals surface area contributed by atoms with Crippen LogP contribution < -0.4 is 11.3 Å². The number of amides is 1. The van der Waals surface area contributed by atoms with Gasteiger partial charge in [-0.1, -0.05) is 17.3 Å². The molecule has 100 valence electrons. The van der Waals surface area contributed by atoms with Crippen LogP contribution in [-0.4, -0.2) is 11.1 Å². The first-order chi connectivity index (χ1) is 9.29. The first-order valence-electron chi connectivity index (χ1n) is 6.64. The van der Waals surface area contributed by atoms with Crippen molar-refractivity contribution >= 4 is 16.9 Å². The summed E-state index contributed by atoms with van der Waals surface area (Å²) in [6, 6.07) is 7.91. The lowest BCUT2D eigenvalue weighted by atomic mass is 9.79. The Balaban J connectivity index is 1.77. The molecule has 1 aromatic heterocycles. The SMILES string of the molecule is NNC(=O)[C@H]1CC[C@H](c2noc3ccccc32)CC1. The molecule has 5 nitrogen and oxygen atoms in total. The summed E-state index contributed by atoms with van der Waals surface area (Å²) in [6.45, 7) is 0. The topological polar surface area (TPSA) is 81.1 Å². The Morgan fingerprint density at radius 3 is 2.74 bits per heavy atom. The Morgan fingerprint density at radius 1 is 1.26 bits per heavy atom. The van der Waals surface area contributed by atoms with Gasteiger partial charge in [0.15, 0.2) is 5.58 Å². The van der Waals surface area contributed by atoms with Gasteiger partial charge in [-0.15, -0.1) is 0 Å². The molecule has 1 aromatic carbocycles. The first-order valence-corrected chi connectivity index (χ1v) is 6.64. The van der Waals surface area contributed by atoms with E-state index in [1.54, 1.807) is 0 Å². The van der Waals surface area contributed by atoms with Gasteiger partial charge in [-0.05, 0) is 37.8 Å². The number of nitrogens with zero attached hydrogens (tertiary/aromatic N) is 1. The summed E-state index contributed by atoms with van der Waals surface area (Å²) in [5, 5.41) is 5.30. The van der Waals surface area contributed by atoms with Crippen LogP contribution >= 0.6 is 0 Å². The molecule has 1 amide bonds. The standard InChI is InChI=1S/C14H17N3O2/c15-16-14(18)10-7-5-9(6-8-10)13-11-3-1-2-4-12(11)19-17-13/h1-4,9-10H,5-8,15H2,(H,16,18)/t9-,10-. The summed E-state index contributed by atoms with van der Waals surface area (Å²) >= 11 is 0. The van der Waals surface area contributed by atoms with E-state index in [1.165, 1.54) is 0 Å². The van der Waals surface area contributed by atoms with Crippen LogP contribution in [0, 0.1) is 5.92 Å². The summed E-state index contributed by atoms with van der Waals surface area (Å²) in [4.78, 5) is 11.5. The van der Waals surface area contributed by atoms with E-state index in [0.717, 1.165) is 42.3 Å². The quantitative estimate of drug-likeness (QED) is 0.491. The number of aromatic nitrogens is 1. The van der Waals surface area contributed by atoms with Crippen LogP contribution in [-0.2, 0) is 4.79 Å². The van der Waals surface area contributed by atoms with Crippen molar-refractivity contribution in [3.05, 3.63) is 30.0 Å². The highest BCUT2D eigenvalue weighted by molar-refractivity contribution is 5.80. The maximum atomic E-state index is 11.5. The minimum absolute atomic E-state index is 0.0411. The van der Waals surface area contributed by atoms with Crippen molar-refractivity contribution < 1.29 is 9.32 Å². The number of hydrazine groups is 1. The van der Waals surface area contributed by atoms with Gasteiger partial charge in [-0.25, -0.2) is 5.84 Å². The van der Waals surface area contributed by atoms with Gasteiger partial charge in [0.1, 0.15) is 0 Å². The molecule has 0 spiro atoms. The van der Waals surface area contributed by atoms with Gasteiger partial charge in [0.2, 0.25) is 5.91 Å². The van der Waals surface area contributed by atoms with Crippen molar-refractivity contribution in [3.63, 3.8) is 0 Å². The van der Waals surface area contributed by atoms with E-state index < -0.39 is 0 Å². The molecule has 0 bridgehead atoms. The fraction of sp³-hybridized carbons (Fsp3) is 0.429. The van der Waals surface area contributed by atoms with Crippen LogP contribution in [0.2, 0.25) is 0 Å². The van der Waals surface area contributed by atoms with Crippen LogP contribution in [0.15, 0.2) is 28.8 Å². The van der Waals surface area contributed by atoms with Crippen LogP contribution in [0.5, 0.6) is 0 Å². The summed E-state index contributed by atoms with van der Waals surface area (Å²) < 4.78 is 5.35. The molecule has 0 radical (unpaired) electrons. The van der Waals surface area contributed by atoms with Crippen molar-refractivity contribution in [3.8, 4) is 0 Å². The van der Waals surface area contributed by atoms with Gasteiger partial charge in [-0.3, -0.25) is 10.2 Å². The summed E-state index contributed by atoms with van der Waals surface area (Å²) in [7, 11) is 0. The average molecular weight is 259 g/mol. The lowest BCUT2D eigenvalue weighted by Gasteiger charge is -2.26. The molecule has 0 unspecified atom stereocenters. The lowest BCUT2D eigenvalue weighted by molar-refractivity contribution is -0.126. The number of benzene rings is 1. The second-order valence-electron chi connectivity index (χ2n) is 5.12. The van der Waals surface area contributed by atoms with Gasteiger partial charge in [-0.2, -0.15) is 0 Å². The number of fused-ring (bicyclic) bond motifs is 1. The Labute approximate surface area is 111 Å². The zero-order chi connectivity index (χ0) is 13.2. The molecule has 0 saturated heterocycles. The number of nitrogens with two attached hydrogens (primary N) is 1. The van der Waals surface area contributed by atoms with Crippen molar-refractivity contribution in [1.29, 1.82) is 0 Å². The molecular formula is C14H17N3O2. The van der Waals surface area contributed by atoms with Gasteiger partial charge in [0, 0.05) is 17.2 Å². The minimum Gasteiger partial charge on any atom is -0.356 e. The molecule has 1 fully saturated rings. The molecule has 19 heavy (non-hydrogen) atoms. The molecular weight excluding hydrogens is 242 g/mol. The Kier molecular flexibility index (Phi) is 3.21. The third-order valence-corrected chi connectivity index (χ3v) is 4.03. The lowest BCUT2D eigenvalue weighted by Crippen LogP contribution is -2.37. The largest absolute Gasteiger partial charge is 0.356 e. The van der Waals surface area contributed by atoms with Crippen molar-refractivity contribution in [2.75, 3.05) is 0 Å². The number of hydrogen-bond donors (Lipinski definition) is 2. The summed E-state index contributed by atoms with van der Waals surface area (Å²) in [6.07, 6.45) is 3.62. The van der Waals surface area contributed by atoms with Crippen LogP contribution in [0.1, 0.15) is 37.3 Å². The molecule has 5 heteroatoms. The first kappa shape index (κ1) is 12.2. The maximum Gasteiger partial charge on any atom is 0.236 e. The Morgan fingerprint density at radius 2 is 2.00 bits per heavy atom. The molecule has 0 atom stereocenters. The second-order valence-corrected chi connectivity index (χ2v) is 5.12. The number of nitrogens with one attached hydrogen (secondary N) is 1. The monoisotopic (exact) mass is 259 g/mol. The Hall–Kier alpha value is -1.88. The molecule has 1 heterocycles. The van der Waals surface area contributed by atoms with Gasteiger partial charge in [0.05, 0.1) is 5.69 Å². The van der Waals surface area contributed by atoms with E-state index in [4.69, 9.17) is 10.4 Å². The predicted molar refractivity (Wildman–Crippen MR) is 71.0 cm³/mol. The van der Waals surface area contributed by atoms with Crippen LogP contribution in [0.4, 0.5) is 0 Å². The highest BCUT2D eigenvalue weighted by Gasteiger charge is 2.29. The molecule has 3 N–H and O–H groups in total. The van der Waals surface area contributed by atoms with E-state index in [2.05, 4.69) is 10.6 Å². The smallest absolute Gasteiger partial charge is 0.236 e. The maximum absolute atomic E-state index is 11.5. The van der Waals surface area contributed by atoms with E-state index in [-0.39, 0.29) is 11.8 Å². The highest BCUT2D eigenvalue weighted by Crippen LogP contribution is 2.38. The molecule has 1 aliphatic rings. The van der Waals surface area contributed by atoms with E-state index in [0.29, 0.717) is 5.92 Å². The number of para-hydroxylation sites is 1. The molecule has 1 aliphatic carbocycles. The molecule has 2 aromatic rings. The van der Waals surface area contributed by atoms with Gasteiger partial charge in [0.25, 0.3) is 0 Å². The molecule has 1 saturated carbocycles. The van der Waals surface area contributed by atoms with E-state index in [9.17, 15) is 4.79 Å². The zero-order valence-corrected chi connectivity index (χ0v) is 10.6. The third kappa shape index (κ3) is 2.21. The average Bonchev–Trinajstić information content (AvgIpc) is 2.90. The van der Waals surface area contributed by atoms with Gasteiger partial charge >= 0.3 is 0 Å². The number of rotatable bonds is 2. The summed E-state index contributed by atoms with van der Waals surface area (Å²) in [5.74, 6) is 5.55. The van der Waals surface area contributed by atoms with Gasteiger partial charge < -0.3 is 4.52 Å². The van der Waals surface area contributed by atoms with Crippen LogP contribution in [0.25, 0.3) is 11.0 Å². The minimum atomic E-state index is -0.0524. The van der Waals surface area contributed by atoms with Crippen molar-refractivity contribution in [2.24, 2.45) is 11.8 Å². The predicted octanol–water partition coefficient (Wildman–Crippen LogP) is 2.09. The normalized spacial score (nSPS) is 23.4. The zero-order valence-electron chi connectivity index (χ0n) is 10.6. The second kappa shape index (κ2) is 5.01. The van der Waals surface area contributed by atoms with Crippen molar-refractivity contribution in [1.82, 2.24) is 10.6 Å². The van der Waals surface area contributed by atoms with E-state index in [1.807, 2.05) is 24.3 Å². The third-order valence-electron chi connectivity index (χ3n) is 4.03.